The summed E-state index contributed by atoms with van der Waals surface area (Å²) in [6, 6.07) is 8.89. The molecule has 2 heterocycles. The molecule has 154 valence electrons. The third-order valence-electron chi connectivity index (χ3n) is 5.23. The topological polar surface area (TPSA) is 70.4 Å². The monoisotopic (exact) mass is 497 g/mol. The number of aliphatic imine (C=N–C) groups is 1. The van der Waals surface area contributed by atoms with Crippen LogP contribution in [0.2, 0.25) is 0 Å². The van der Waals surface area contributed by atoms with Gasteiger partial charge in [-0.05, 0) is 44.3 Å². The molecule has 2 N–H and O–H groups in total. The summed E-state index contributed by atoms with van der Waals surface area (Å²) >= 11 is 0. The van der Waals surface area contributed by atoms with Gasteiger partial charge in [-0.25, -0.2) is 4.98 Å². The zero-order valence-corrected chi connectivity index (χ0v) is 19.4. The summed E-state index contributed by atoms with van der Waals surface area (Å²) in [6.45, 7) is 7.08. The fourth-order valence-electron chi connectivity index (χ4n) is 3.40. The molecule has 0 radical (unpaired) electrons. The number of nitrogens with one attached hydrogen (secondary N) is 2. The van der Waals surface area contributed by atoms with Crippen molar-refractivity contribution in [3.8, 4) is 0 Å². The number of halogens is 1. The number of piperidine rings is 1. The number of benzene rings is 1. The molecule has 0 bridgehead atoms. The number of guanidine groups is 1. The minimum absolute atomic E-state index is 0. The third-order valence-corrected chi connectivity index (χ3v) is 5.23. The first kappa shape index (κ1) is 22.6. The van der Waals surface area contributed by atoms with Crippen LogP contribution in [-0.4, -0.2) is 52.3 Å². The lowest BCUT2D eigenvalue weighted by molar-refractivity contribution is 0.178. The van der Waals surface area contributed by atoms with Crippen LogP contribution in [0.3, 0.4) is 0 Å². The maximum absolute atomic E-state index is 4.31. The Morgan fingerprint density at radius 1 is 1.18 bits per heavy atom. The van der Waals surface area contributed by atoms with Gasteiger partial charge in [-0.2, -0.15) is 5.10 Å². The van der Waals surface area contributed by atoms with Gasteiger partial charge in [-0.1, -0.05) is 29.8 Å². The second kappa shape index (κ2) is 11.4. The van der Waals surface area contributed by atoms with Crippen LogP contribution in [0.4, 0.5) is 0 Å². The summed E-state index contributed by atoms with van der Waals surface area (Å²) in [6.07, 6.45) is 4.01. The minimum atomic E-state index is 0. The van der Waals surface area contributed by atoms with Crippen molar-refractivity contribution >= 4 is 29.9 Å². The third kappa shape index (κ3) is 6.73. The van der Waals surface area contributed by atoms with Gasteiger partial charge in [0.15, 0.2) is 5.96 Å². The summed E-state index contributed by atoms with van der Waals surface area (Å²) in [5, 5.41) is 10.8. The highest BCUT2D eigenvalue weighted by Gasteiger charge is 2.19. The van der Waals surface area contributed by atoms with Gasteiger partial charge in [-0.3, -0.25) is 14.6 Å². The Kier molecular flexibility index (Phi) is 9.17. The summed E-state index contributed by atoms with van der Waals surface area (Å²) in [7, 11) is 3.70. The smallest absolute Gasteiger partial charge is 0.191 e. The summed E-state index contributed by atoms with van der Waals surface area (Å²) in [5.74, 6) is 2.40. The van der Waals surface area contributed by atoms with Crippen LogP contribution in [0.25, 0.3) is 0 Å². The molecule has 1 aliphatic heterocycles. The molecule has 1 aromatic heterocycles. The molecule has 0 amide bonds. The summed E-state index contributed by atoms with van der Waals surface area (Å²) in [5.41, 5.74) is 2.73. The van der Waals surface area contributed by atoms with Gasteiger partial charge in [0.25, 0.3) is 0 Å². The quantitative estimate of drug-likeness (QED) is 0.364. The van der Waals surface area contributed by atoms with Crippen molar-refractivity contribution in [1.29, 1.82) is 0 Å². The first-order valence-corrected chi connectivity index (χ1v) is 9.69. The van der Waals surface area contributed by atoms with E-state index in [1.807, 2.05) is 7.05 Å². The Bertz CT molecular complexity index is 733. The molecular weight excluding hydrogens is 465 g/mol. The molecule has 0 saturated carbocycles. The molecule has 0 unspecified atom stereocenters. The molecule has 8 heteroatoms. The van der Waals surface area contributed by atoms with Crippen LogP contribution in [0, 0.1) is 12.8 Å². The van der Waals surface area contributed by atoms with Crippen molar-refractivity contribution in [2.45, 2.75) is 32.9 Å². The number of aryl methyl sites for hydroxylation is 2. The predicted molar refractivity (Wildman–Crippen MR) is 124 cm³/mol. The Morgan fingerprint density at radius 3 is 2.50 bits per heavy atom. The van der Waals surface area contributed by atoms with Gasteiger partial charge >= 0.3 is 0 Å². The Morgan fingerprint density at radius 2 is 1.89 bits per heavy atom. The van der Waals surface area contributed by atoms with E-state index in [0.29, 0.717) is 12.5 Å². The van der Waals surface area contributed by atoms with E-state index >= 15 is 0 Å². The SMILES string of the molecule is CN=C(NCc1ncnn1C)NCC1CCN(Cc2ccc(C)cc2)CC1.I. The molecule has 28 heavy (non-hydrogen) atoms. The van der Waals surface area contributed by atoms with Crippen molar-refractivity contribution in [3.05, 3.63) is 47.5 Å². The first-order valence-electron chi connectivity index (χ1n) is 9.69. The van der Waals surface area contributed by atoms with Gasteiger partial charge in [0.2, 0.25) is 0 Å². The fourth-order valence-corrected chi connectivity index (χ4v) is 3.40. The number of hydrogen-bond donors (Lipinski definition) is 2. The Labute approximate surface area is 185 Å². The molecule has 1 aromatic carbocycles. The Balaban J connectivity index is 0.00000280. The standard InChI is InChI=1S/C20H31N7.HI/c1-16-4-6-18(7-5-16)14-27-10-8-17(9-11-27)12-22-20(21-2)23-13-19-24-15-25-26(19)3;/h4-7,15,17H,8-14H2,1-3H3,(H2,21,22,23);1H. The van der Waals surface area contributed by atoms with Crippen molar-refractivity contribution in [1.82, 2.24) is 30.3 Å². The minimum Gasteiger partial charge on any atom is -0.356 e. The predicted octanol–water partition coefficient (Wildman–Crippen LogP) is 2.32. The van der Waals surface area contributed by atoms with Crippen LogP contribution in [0.1, 0.15) is 29.8 Å². The zero-order valence-electron chi connectivity index (χ0n) is 17.1. The van der Waals surface area contributed by atoms with Crippen LogP contribution >= 0.6 is 24.0 Å². The van der Waals surface area contributed by atoms with Crippen molar-refractivity contribution in [3.63, 3.8) is 0 Å². The average molecular weight is 497 g/mol. The average Bonchev–Trinajstić information content (AvgIpc) is 3.10. The molecule has 1 saturated heterocycles. The van der Waals surface area contributed by atoms with E-state index in [9.17, 15) is 0 Å². The van der Waals surface area contributed by atoms with E-state index in [1.54, 1.807) is 18.1 Å². The molecule has 1 fully saturated rings. The summed E-state index contributed by atoms with van der Waals surface area (Å²) < 4.78 is 1.77. The molecule has 7 nitrogen and oxygen atoms in total. The van der Waals surface area contributed by atoms with E-state index in [-0.39, 0.29) is 24.0 Å². The van der Waals surface area contributed by atoms with E-state index in [1.165, 1.54) is 24.0 Å². The van der Waals surface area contributed by atoms with Gasteiger partial charge < -0.3 is 10.6 Å². The van der Waals surface area contributed by atoms with E-state index in [2.05, 4.69) is 61.8 Å². The lowest BCUT2D eigenvalue weighted by Crippen LogP contribution is -2.42. The second-order valence-corrected chi connectivity index (χ2v) is 7.31. The fraction of sp³-hybridized carbons (Fsp3) is 0.550. The van der Waals surface area contributed by atoms with Gasteiger partial charge in [0.05, 0.1) is 6.54 Å². The van der Waals surface area contributed by atoms with Crippen molar-refractivity contribution in [2.24, 2.45) is 18.0 Å². The van der Waals surface area contributed by atoms with E-state index < -0.39 is 0 Å². The zero-order chi connectivity index (χ0) is 19.1. The highest BCUT2D eigenvalue weighted by atomic mass is 127. The number of aromatic nitrogens is 3. The second-order valence-electron chi connectivity index (χ2n) is 7.31. The number of likely N-dealkylation sites (tertiary alicyclic amines) is 1. The normalized spacial score (nSPS) is 15.9. The molecule has 3 rings (SSSR count). The number of hydrogen-bond acceptors (Lipinski definition) is 4. The van der Waals surface area contributed by atoms with Crippen LogP contribution in [0.5, 0.6) is 0 Å². The highest BCUT2D eigenvalue weighted by molar-refractivity contribution is 14.0. The van der Waals surface area contributed by atoms with E-state index in [0.717, 1.165) is 38.0 Å². The largest absolute Gasteiger partial charge is 0.356 e. The lowest BCUT2D eigenvalue weighted by atomic mass is 9.96. The first-order chi connectivity index (χ1) is 13.1. The van der Waals surface area contributed by atoms with Crippen molar-refractivity contribution < 1.29 is 0 Å². The molecular formula is C20H32IN7. The number of rotatable bonds is 6. The van der Waals surface area contributed by atoms with Crippen LogP contribution in [0.15, 0.2) is 35.6 Å². The Hall–Kier alpha value is -1.68. The van der Waals surface area contributed by atoms with Crippen molar-refractivity contribution in [2.75, 3.05) is 26.7 Å². The highest BCUT2D eigenvalue weighted by Crippen LogP contribution is 2.18. The lowest BCUT2D eigenvalue weighted by Gasteiger charge is -2.32. The molecule has 0 spiro atoms. The van der Waals surface area contributed by atoms with Gasteiger partial charge in [0.1, 0.15) is 12.2 Å². The molecule has 0 aliphatic carbocycles. The molecule has 0 atom stereocenters. The van der Waals surface area contributed by atoms with Gasteiger partial charge in [0, 0.05) is 27.2 Å². The summed E-state index contributed by atoms with van der Waals surface area (Å²) in [4.78, 5) is 11.1. The van der Waals surface area contributed by atoms with Gasteiger partial charge in [-0.15, -0.1) is 24.0 Å². The maximum atomic E-state index is 4.31. The van der Waals surface area contributed by atoms with Crippen LogP contribution in [-0.2, 0) is 20.1 Å². The number of nitrogens with zero attached hydrogens (tertiary/aromatic N) is 5. The molecule has 2 aromatic rings. The molecule has 1 aliphatic rings. The van der Waals surface area contributed by atoms with Crippen LogP contribution < -0.4 is 10.6 Å². The maximum Gasteiger partial charge on any atom is 0.191 e. The van der Waals surface area contributed by atoms with E-state index in [4.69, 9.17) is 0 Å².